The normalized spacial score (nSPS) is 11.4. The Hall–Kier alpha value is -1.30. The standard InChI is InChI=1S/C38H76N2O4/c1-5-8-11-14-18-23-29-36(30-24-19-15-12-9-6-2)44-37(41)31-25-20-17-22-27-33-40(32-26-21-16-13-10-7-3)34-28-35-43-38(42)39-4/h36H,5-35H2,1-4H3,(H,39,42). The summed E-state index contributed by atoms with van der Waals surface area (Å²) in [5, 5.41) is 2.51. The predicted octanol–water partition coefficient (Wildman–Crippen LogP) is 11.1. The second-order valence-corrected chi connectivity index (χ2v) is 13.1. The van der Waals surface area contributed by atoms with E-state index in [9.17, 15) is 9.59 Å². The van der Waals surface area contributed by atoms with Gasteiger partial charge in [-0.3, -0.25) is 4.79 Å². The fourth-order valence-corrected chi connectivity index (χ4v) is 5.92. The first kappa shape index (κ1) is 42.7. The van der Waals surface area contributed by atoms with Gasteiger partial charge in [0.2, 0.25) is 0 Å². The first-order valence-electron chi connectivity index (χ1n) is 19.3. The number of ether oxygens (including phenoxy) is 2. The molecule has 0 rings (SSSR count). The molecule has 0 aromatic carbocycles. The summed E-state index contributed by atoms with van der Waals surface area (Å²) in [6, 6.07) is 0. The largest absolute Gasteiger partial charge is 0.462 e. The first-order chi connectivity index (χ1) is 21.6. The molecular weight excluding hydrogens is 548 g/mol. The number of alkyl carbamates (subject to hydrolysis) is 1. The van der Waals surface area contributed by atoms with E-state index in [0.717, 1.165) is 51.7 Å². The number of nitrogens with one attached hydrogen (secondary N) is 1. The average Bonchev–Trinajstić information content (AvgIpc) is 3.02. The Morgan fingerprint density at radius 1 is 0.545 bits per heavy atom. The van der Waals surface area contributed by atoms with Gasteiger partial charge in [0, 0.05) is 20.0 Å². The number of rotatable bonds is 34. The predicted molar refractivity (Wildman–Crippen MR) is 188 cm³/mol. The second kappa shape index (κ2) is 34.6. The molecule has 6 heteroatoms. The number of amides is 1. The molecule has 0 fully saturated rings. The molecule has 0 heterocycles. The van der Waals surface area contributed by atoms with Gasteiger partial charge in [0.25, 0.3) is 0 Å². The minimum atomic E-state index is -0.345. The molecule has 0 saturated heterocycles. The highest BCUT2D eigenvalue weighted by atomic mass is 16.5. The fraction of sp³-hybridized carbons (Fsp3) is 0.947. The lowest BCUT2D eigenvalue weighted by molar-refractivity contribution is -0.150. The van der Waals surface area contributed by atoms with Gasteiger partial charge in [0.05, 0.1) is 6.61 Å². The Morgan fingerprint density at radius 2 is 0.955 bits per heavy atom. The van der Waals surface area contributed by atoms with E-state index >= 15 is 0 Å². The molecule has 1 amide bonds. The van der Waals surface area contributed by atoms with Gasteiger partial charge in [-0.2, -0.15) is 0 Å². The topological polar surface area (TPSA) is 67.9 Å². The lowest BCUT2D eigenvalue weighted by Gasteiger charge is -2.22. The number of hydrogen-bond donors (Lipinski definition) is 1. The van der Waals surface area contributed by atoms with Gasteiger partial charge in [0.15, 0.2) is 0 Å². The third-order valence-corrected chi connectivity index (χ3v) is 8.80. The Bertz CT molecular complexity index is 600. The molecule has 0 aliphatic heterocycles. The van der Waals surface area contributed by atoms with Crippen molar-refractivity contribution in [1.82, 2.24) is 10.2 Å². The van der Waals surface area contributed by atoms with E-state index in [1.807, 2.05) is 0 Å². The molecule has 0 spiro atoms. The van der Waals surface area contributed by atoms with Crippen molar-refractivity contribution in [3.05, 3.63) is 0 Å². The van der Waals surface area contributed by atoms with Crippen molar-refractivity contribution in [3.63, 3.8) is 0 Å². The van der Waals surface area contributed by atoms with Crippen LogP contribution in [0.1, 0.15) is 194 Å². The van der Waals surface area contributed by atoms with Crippen LogP contribution in [0, 0.1) is 0 Å². The number of nitrogens with zero attached hydrogens (tertiary/aromatic N) is 1. The van der Waals surface area contributed by atoms with E-state index in [1.165, 1.54) is 135 Å². The molecular formula is C38H76N2O4. The number of unbranched alkanes of at least 4 members (excludes halogenated alkanes) is 19. The van der Waals surface area contributed by atoms with Crippen molar-refractivity contribution >= 4 is 12.1 Å². The fourth-order valence-electron chi connectivity index (χ4n) is 5.92. The summed E-state index contributed by atoms with van der Waals surface area (Å²) >= 11 is 0. The maximum Gasteiger partial charge on any atom is 0.406 e. The van der Waals surface area contributed by atoms with Crippen molar-refractivity contribution in [1.29, 1.82) is 0 Å². The molecule has 1 N–H and O–H groups in total. The molecule has 44 heavy (non-hydrogen) atoms. The summed E-state index contributed by atoms with van der Waals surface area (Å²) in [7, 11) is 1.60. The van der Waals surface area contributed by atoms with Crippen LogP contribution in [0.3, 0.4) is 0 Å². The SMILES string of the molecule is CCCCCCCCC(CCCCCCCC)OC(=O)CCCCCCCN(CCCCCCCC)CCCOC(=O)NC. The first-order valence-corrected chi connectivity index (χ1v) is 19.3. The van der Waals surface area contributed by atoms with Gasteiger partial charge in [0.1, 0.15) is 6.10 Å². The van der Waals surface area contributed by atoms with E-state index in [0.29, 0.717) is 13.0 Å². The van der Waals surface area contributed by atoms with Crippen LogP contribution in [0.25, 0.3) is 0 Å². The van der Waals surface area contributed by atoms with Gasteiger partial charge in [-0.15, -0.1) is 0 Å². The lowest BCUT2D eigenvalue weighted by Crippen LogP contribution is -2.29. The van der Waals surface area contributed by atoms with Gasteiger partial charge in [-0.1, -0.05) is 136 Å². The second-order valence-electron chi connectivity index (χ2n) is 13.1. The van der Waals surface area contributed by atoms with Gasteiger partial charge in [-0.05, 0) is 64.5 Å². The highest BCUT2D eigenvalue weighted by molar-refractivity contribution is 5.69. The molecule has 262 valence electrons. The third kappa shape index (κ3) is 30.7. The minimum absolute atomic E-state index is 0.0241. The van der Waals surface area contributed by atoms with Gasteiger partial charge >= 0.3 is 12.1 Å². The summed E-state index contributed by atoms with van der Waals surface area (Å²) in [4.78, 5) is 26.6. The quantitative estimate of drug-likeness (QED) is 0.0570. The molecule has 6 nitrogen and oxygen atoms in total. The highest BCUT2D eigenvalue weighted by Gasteiger charge is 2.14. The Labute approximate surface area is 274 Å². The van der Waals surface area contributed by atoms with Crippen LogP contribution >= 0.6 is 0 Å². The lowest BCUT2D eigenvalue weighted by atomic mass is 10.0. The van der Waals surface area contributed by atoms with Gasteiger partial charge < -0.3 is 19.7 Å². The summed E-state index contributed by atoms with van der Waals surface area (Å²) < 4.78 is 11.2. The average molecular weight is 625 g/mol. The molecule has 0 unspecified atom stereocenters. The molecule has 0 aliphatic rings. The Morgan fingerprint density at radius 3 is 1.43 bits per heavy atom. The molecule has 0 aromatic rings. The van der Waals surface area contributed by atoms with Crippen LogP contribution in [-0.4, -0.2) is 56.4 Å². The number of carbonyl (C=O) groups is 2. The van der Waals surface area contributed by atoms with Crippen molar-refractivity contribution < 1.29 is 19.1 Å². The summed E-state index contributed by atoms with van der Waals surface area (Å²) in [5.74, 6) is 0.0241. The van der Waals surface area contributed by atoms with Crippen LogP contribution < -0.4 is 5.32 Å². The van der Waals surface area contributed by atoms with Crippen molar-refractivity contribution in [3.8, 4) is 0 Å². The zero-order valence-electron chi connectivity index (χ0n) is 30.1. The number of carbonyl (C=O) groups excluding carboxylic acids is 2. The Balaban J connectivity index is 4.26. The zero-order chi connectivity index (χ0) is 32.4. The van der Waals surface area contributed by atoms with Crippen LogP contribution in [0.2, 0.25) is 0 Å². The monoisotopic (exact) mass is 625 g/mol. The van der Waals surface area contributed by atoms with E-state index in [4.69, 9.17) is 9.47 Å². The van der Waals surface area contributed by atoms with E-state index in [2.05, 4.69) is 31.0 Å². The smallest absolute Gasteiger partial charge is 0.406 e. The maximum atomic E-state index is 12.7. The van der Waals surface area contributed by atoms with E-state index in [1.54, 1.807) is 7.05 Å². The maximum absolute atomic E-state index is 12.7. The van der Waals surface area contributed by atoms with Crippen LogP contribution in [0.4, 0.5) is 4.79 Å². The molecule has 0 atom stereocenters. The summed E-state index contributed by atoms with van der Waals surface area (Å²) in [5.41, 5.74) is 0. The minimum Gasteiger partial charge on any atom is -0.462 e. The highest BCUT2D eigenvalue weighted by Crippen LogP contribution is 2.18. The van der Waals surface area contributed by atoms with E-state index < -0.39 is 0 Å². The number of esters is 1. The zero-order valence-corrected chi connectivity index (χ0v) is 30.1. The molecule has 0 saturated carbocycles. The summed E-state index contributed by atoms with van der Waals surface area (Å²) in [6.07, 6.45) is 32.3. The van der Waals surface area contributed by atoms with Gasteiger partial charge in [-0.25, -0.2) is 4.79 Å². The van der Waals surface area contributed by atoms with Crippen LogP contribution in [0.15, 0.2) is 0 Å². The van der Waals surface area contributed by atoms with Crippen molar-refractivity contribution in [2.24, 2.45) is 0 Å². The van der Waals surface area contributed by atoms with Crippen molar-refractivity contribution in [2.45, 2.75) is 200 Å². The summed E-state index contributed by atoms with van der Waals surface area (Å²) in [6.45, 7) is 10.5. The molecule has 0 radical (unpaired) electrons. The Kier molecular flexibility index (Phi) is 33.5. The molecule has 0 bridgehead atoms. The molecule has 0 aromatic heterocycles. The van der Waals surface area contributed by atoms with Crippen molar-refractivity contribution in [2.75, 3.05) is 33.3 Å². The van der Waals surface area contributed by atoms with Crippen LogP contribution in [0.5, 0.6) is 0 Å². The third-order valence-electron chi connectivity index (χ3n) is 8.80. The number of hydrogen-bond acceptors (Lipinski definition) is 5. The molecule has 0 aliphatic carbocycles. The van der Waals surface area contributed by atoms with E-state index in [-0.39, 0.29) is 18.2 Å². The van der Waals surface area contributed by atoms with Crippen LogP contribution in [-0.2, 0) is 14.3 Å².